The highest BCUT2D eigenvalue weighted by Gasteiger charge is 2.57. The number of rotatable bonds is 5. The molecular formula is C26H36O2Si. The molecule has 4 rings (SSSR count). The average molecular weight is 409 g/mol. The van der Waals surface area contributed by atoms with Crippen LogP contribution in [0.4, 0.5) is 0 Å². The van der Waals surface area contributed by atoms with Crippen molar-refractivity contribution in [3.8, 4) is 5.75 Å². The molecule has 0 heterocycles. The molecule has 0 spiro atoms. The molecule has 3 aliphatic rings. The van der Waals surface area contributed by atoms with Crippen molar-refractivity contribution in [1.82, 2.24) is 0 Å². The van der Waals surface area contributed by atoms with Gasteiger partial charge >= 0.3 is 9.76 Å². The van der Waals surface area contributed by atoms with Crippen molar-refractivity contribution < 1.29 is 9.22 Å². The van der Waals surface area contributed by atoms with Crippen LogP contribution in [0.3, 0.4) is 0 Å². The molecule has 156 valence electrons. The van der Waals surface area contributed by atoms with Gasteiger partial charge < -0.3 is 4.43 Å². The SMILES string of the molecule is C=C[C@H]1CC(=O)[C@@]2(C)CC[C@@H]3c4ccc(O[Si]C(C)(C)C(C)C)cc4CC[C@H]3[C@H]12. The van der Waals surface area contributed by atoms with Crippen molar-refractivity contribution in [2.24, 2.45) is 29.1 Å². The molecule has 0 bridgehead atoms. The maximum absolute atomic E-state index is 12.8. The Bertz CT molecular complexity index is 811. The molecule has 2 nitrogen and oxygen atoms in total. The molecule has 3 heteroatoms. The van der Waals surface area contributed by atoms with E-state index >= 15 is 0 Å². The third-order valence-electron chi connectivity index (χ3n) is 8.65. The van der Waals surface area contributed by atoms with Crippen molar-refractivity contribution in [2.75, 3.05) is 0 Å². The maximum atomic E-state index is 12.8. The van der Waals surface area contributed by atoms with Crippen LogP contribution in [0.5, 0.6) is 5.75 Å². The zero-order valence-corrected chi connectivity index (χ0v) is 19.8. The van der Waals surface area contributed by atoms with Crippen LogP contribution in [0, 0.1) is 29.1 Å². The summed E-state index contributed by atoms with van der Waals surface area (Å²) in [5.41, 5.74) is 2.87. The standard InChI is InChI=1S/C26H36O2Si/c1-7-17-15-23(27)26(6)13-12-21-20-11-9-19(28-29-25(4,5)16(2)3)14-18(20)8-10-22(21)24(17)26/h7,9,11,14,16-17,21-22,24H,1,8,10,12-13,15H2,2-6H3/t17-,21+,22+,24-,26+/m0/s1. The van der Waals surface area contributed by atoms with Gasteiger partial charge in [0.1, 0.15) is 11.5 Å². The summed E-state index contributed by atoms with van der Waals surface area (Å²) in [5.74, 6) is 4.15. The van der Waals surface area contributed by atoms with Crippen molar-refractivity contribution in [1.29, 1.82) is 0 Å². The molecule has 0 N–H and O–H groups in total. The zero-order valence-electron chi connectivity index (χ0n) is 18.8. The van der Waals surface area contributed by atoms with E-state index in [2.05, 4.69) is 65.5 Å². The molecule has 0 saturated heterocycles. The highest BCUT2D eigenvalue weighted by Crippen LogP contribution is 2.61. The highest BCUT2D eigenvalue weighted by molar-refractivity contribution is 6.33. The number of benzene rings is 1. The fraction of sp³-hybridized carbons (Fsp3) is 0.654. The van der Waals surface area contributed by atoms with Gasteiger partial charge in [0.15, 0.2) is 0 Å². The summed E-state index contributed by atoms with van der Waals surface area (Å²) in [7, 11) is 0.472. The van der Waals surface area contributed by atoms with Crippen molar-refractivity contribution >= 4 is 15.5 Å². The number of carbonyl (C=O) groups excluding carboxylic acids is 1. The Hall–Kier alpha value is -1.35. The summed E-state index contributed by atoms with van der Waals surface area (Å²) in [6.45, 7) is 15.4. The van der Waals surface area contributed by atoms with Crippen molar-refractivity contribution in [3.63, 3.8) is 0 Å². The van der Waals surface area contributed by atoms with Crippen LogP contribution in [0.2, 0.25) is 5.04 Å². The van der Waals surface area contributed by atoms with E-state index in [4.69, 9.17) is 4.43 Å². The molecule has 0 amide bonds. The average Bonchev–Trinajstić information content (AvgIpc) is 2.96. The molecular weight excluding hydrogens is 372 g/mol. The van der Waals surface area contributed by atoms with Gasteiger partial charge in [0.2, 0.25) is 0 Å². The van der Waals surface area contributed by atoms with Crippen LogP contribution in [-0.2, 0) is 11.2 Å². The van der Waals surface area contributed by atoms with Crippen LogP contribution >= 0.6 is 0 Å². The van der Waals surface area contributed by atoms with Gasteiger partial charge in [-0.2, -0.15) is 0 Å². The van der Waals surface area contributed by atoms with Gasteiger partial charge in [-0.25, -0.2) is 0 Å². The number of fused-ring (bicyclic) bond motifs is 5. The van der Waals surface area contributed by atoms with Crippen LogP contribution in [0.15, 0.2) is 30.9 Å². The number of ketones is 1. The third-order valence-corrected chi connectivity index (χ3v) is 10.1. The first kappa shape index (κ1) is 20.9. The molecule has 0 unspecified atom stereocenters. The molecule has 0 aliphatic heterocycles. The summed E-state index contributed by atoms with van der Waals surface area (Å²) in [6.07, 6.45) is 7.25. The van der Waals surface area contributed by atoms with Gasteiger partial charge in [0.05, 0.1) is 0 Å². The lowest BCUT2D eigenvalue weighted by atomic mass is 9.54. The normalized spacial score (nSPS) is 33.8. The lowest BCUT2D eigenvalue weighted by molar-refractivity contribution is -0.129. The van der Waals surface area contributed by atoms with E-state index in [1.165, 1.54) is 17.5 Å². The van der Waals surface area contributed by atoms with Gasteiger partial charge in [0.25, 0.3) is 0 Å². The molecule has 3 aliphatic carbocycles. The van der Waals surface area contributed by atoms with E-state index in [0.29, 0.717) is 51.6 Å². The Morgan fingerprint density at radius 1 is 1.31 bits per heavy atom. The van der Waals surface area contributed by atoms with Crippen LogP contribution in [-0.4, -0.2) is 15.5 Å². The summed E-state index contributed by atoms with van der Waals surface area (Å²) in [5, 5.41) is 0.198. The predicted molar refractivity (Wildman–Crippen MR) is 120 cm³/mol. The number of allylic oxidation sites excluding steroid dienone is 1. The van der Waals surface area contributed by atoms with Gasteiger partial charge in [-0.05, 0) is 83.6 Å². The minimum absolute atomic E-state index is 0.121. The van der Waals surface area contributed by atoms with E-state index < -0.39 is 0 Å². The van der Waals surface area contributed by atoms with E-state index in [0.717, 1.165) is 25.0 Å². The minimum atomic E-state index is -0.121. The predicted octanol–water partition coefficient (Wildman–Crippen LogP) is 6.38. The number of hydrogen-bond donors (Lipinski definition) is 0. The van der Waals surface area contributed by atoms with Gasteiger partial charge in [0, 0.05) is 11.8 Å². The van der Waals surface area contributed by atoms with E-state index in [1.807, 2.05) is 0 Å². The van der Waals surface area contributed by atoms with Gasteiger partial charge in [-0.1, -0.05) is 46.8 Å². The smallest absolute Gasteiger partial charge is 0.317 e. The molecule has 2 radical (unpaired) electrons. The summed E-state index contributed by atoms with van der Waals surface area (Å²) in [6, 6.07) is 6.81. The quantitative estimate of drug-likeness (QED) is 0.417. The summed E-state index contributed by atoms with van der Waals surface area (Å²) >= 11 is 0. The second-order valence-electron chi connectivity index (χ2n) is 10.8. The summed E-state index contributed by atoms with van der Waals surface area (Å²) < 4.78 is 6.24. The number of Topliss-reactive ketones (excluding diaryl/α,β-unsaturated/α-hetero) is 1. The van der Waals surface area contributed by atoms with E-state index in [-0.39, 0.29) is 10.5 Å². The van der Waals surface area contributed by atoms with Crippen LogP contribution in [0.1, 0.15) is 77.3 Å². The maximum Gasteiger partial charge on any atom is 0.317 e. The molecule has 0 aromatic heterocycles. The molecule has 29 heavy (non-hydrogen) atoms. The Balaban J connectivity index is 1.56. The topological polar surface area (TPSA) is 26.3 Å². The first-order valence-corrected chi connectivity index (χ1v) is 12.3. The van der Waals surface area contributed by atoms with Crippen molar-refractivity contribution in [3.05, 3.63) is 42.0 Å². The molecule has 1 aromatic carbocycles. The lowest BCUT2D eigenvalue weighted by Crippen LogP contribution is -2.44. The van der Waals surface area contributed by atoms with Crippen LogP contribution in [0.25, 0.3) is 0 Å². The third kappa shape index (κ3) is 3.44. The monoisotopic (exact) mass is 408 g/mol. The zero-order chi connectivity index (χ0) is 21.0. The van der Waals surface area contributed by atoms with Gasteiger partial charge in [-0.3, -0.25) is 4.79 Å². The number of carbonyl (C=O) groups is 1. The number of hydrogen-bond acceptors (Lipinski definition) is 2. The van der Waals surface area contributed by atoms with E-state index in [9.17, 15) is 4.79 Å². The summed E-state index contributed by atoms with van der Waals surface area (Å²) in [4.78, 5) is 12.8. The van der Waals surface area contributed by atoms with Crippen LogP contribution < -0.4 is 4.43 Å². The largest absolute Gasteiger partial charge is 0.540 e. The Morgan fingerprint density at radius 2 is 2.07 bits per heavy atom. The first-order chi connectivity index (χ1) is 13.7. The second kappa shape index (κ2) is 7.41. The highest BCUT2D eigenvalue weighted by atomic mass is 28.2. The molecule has 2 fully saturated rings. The molecule has 2 saturated carbocycles. The Kier molecular flexibility index (Phi) is 5.34. The van der Waals surface area contributed by atoms with Gasteiger partial charge in [-0.15, -0.1) is 6.58 Å². The molecule has 5 atom stereocenters. The van der Waals surface area contributed by atoms with E-state index in [1.54, 1.807) is 0 Å². The fourth-order valence-electron chi connectivity index (χ4n) is 6.10. The minimum Gasteiger partial charge on any atom is -0.540 e. The fourth-order valence-corrected chi connectivity index (χ4v) is 6.84. The Labute approximate surface area is 179 Å². The van der Waals surface area contributed by atoms with Crippen molar-refractivity contribution in [2.45, 2.75) is 77.7 Å². The first-order valence-electron chi connectivity index (χ1n) is 11.4. The number of aryl methyl sites for hydroxylation is 1. The molecule has 1 aromatic rings. The Morgan fingerprint density at radius 3 is 2.76 bits per heavy atom. The lowest BCUT2D eigenvalue weighted by Gasteiger charge is -2.49. The second-order valence-corrected chi connectivity index (χ2v) is 12.5.